The first-order valence-electron chi connectivity index (χ1n) is 4.47. The third-order valence-corrected chi connectivity index (χ3v) is 4.90. The zero-order valence-electron chi connectivity index (χ0n) is 7.40. The first kappa shape index (κ1) is 9.96. The lowest BCUT2D eigenvalue weighted by molar-refractivity contribution is 0.766. The van der Waals surface area contributed by atoms with Crippen LogP contribution in [0, 0.1) is 0 Å². The van der Waals surface area contributed by atoms with Crippen LogP contribution in [0.1, 0.15) is 33.1 Å². The topological polar surface area (TPSA) is 0 Å². The molecule has 0 amide bonds. The summed E-state index contributed by atoms with van der Waals surface area (Å²) in [6.45, 7) is 8.43. The van der Waals surface area contributed by atoms with E-state index in [0.29, 0.717) is 0 Å². The molecule has 0 saturated carbocycles. The van der Waals surface area contributed by atoms with Crippen molar-refractivity contribution in [3.05, 3.63) is 12.3 Å². The third kappa shape index (κ3) is 4.80. The molecule has 0 aliphatic rings. The summed E-state index contributed by atoms with van der Waals surface area (Å²) in [5, 5.41) is 0. The quantitative estimate of drug-likeness (QED) is 0.409. The molecule has 0 nitrogen and oxygen atoms in total. The zero-order chi connectivity index (χ0) is 7.82. The van der Waals surface area contributed by atoms with Gasteiger partial charge in [0.25, 0.3) is 0 Å². The van der Waals surface area contributed by atoms with E-state index in [1.165, 1.54) is 31.4 Å². The van der Waals surface area contributed by atoms with Crippen LogP contribution in [-0.2, 0) is 0 Å². The van der Waals surface area contributed by atoms with Crippen molar-refractivity contribution in [2.45, 2.75) is 45.2 Å². The molecule has 10 heavy (non-hydrogen) atoms. The Morgan fingerprint density at radius 1 is 1.30 bits per heavy atom. The summed E-state index contributed by atoms with van der Waals surface area (Å²) < 4.78 is 0. The SMILES string of the molecule is C=C[SiH](CC)CCCCC. The normalized spacial score (nSPS) is 13.0. The summed E-state index contributed by atoms with van der Waals surface area (Å²) >= 11 is 0. The van der Waals surface area contributed by atoms with E-state index in [4.69, 9.17) is 0 Å². The molecule has 0 aromatic rings. The number of hydrogen-bond donors (Lipinski definition) is 0. The summed E-state index contributed by atoms with van der Waals surface area (Å²) in [6.07, 6.45) is 4.20. The Bertz CT molecular complexity index is 78.8. The highest BCUT2D eigenvalue weighted by molar-refractivity contribution is 6.63. The fourth-order valence-corrected chi connectivity index (χ4v) is 2.94. The molecule has 0 radical (unpaired) electrons. The molecule has 0 rings (SSSR count). The van der Waals surface area contributed by atoms with E-state index in [2.05, 4.69) is 26.1 Å². The maximum absolute atomic E-state index is 3.87. The predicted molar refractivity (Wildman–Crippen MR) is 52.2 cm³/mol. The molecular formula is C9H20Si. The zero-order valence-corrected chi connectivity index (χ0v) is 8.55. The summed E-state index contributed by atoms with van der Waals surface area (Å²) in [5.41, 5.74) is 2.23. The minimum atomic E-state index is -0.460. The second-order valence-electron chi connectivity index (χ2n) is 2.90. The van der Waals surface area contributed by atoms with E-state index in [-0.39, 0.29) is 0 Å². The summed E-state index contributed by atoms with van der Waals surface area (Å²) in [7, 11) is -0.460. The molecule has 0 heterocycles. The molecule has 1 heteroatoms. The summed E-state index contributed by atoms with van der Waals surface area (Å²) in [4.78, 5) is 0. The first-order valence-corrected chi connectivity index (χ1v) is 6.77. The monoisotopic (exact) mass is 156 g/mol. The van der Waals surface area contributed by atoms with Gasteiger partial charge in [-0.25, -0.2) is 0 Å². The molecule has 0 bridgehead atoms. The van der Waals surface area contributed by atoms with Gasteiger partial charge in [0.1, 0.15) is 0 Å². The maximum Gasteiger partial charge on any atom is 0.0604 e. The van der Waals surface area contributed by atoms with Gasteiger partial charge in [-0.15, -0.1) is 12.3 Å². The van der Waals surface area contributed by atoms with Gasteiger partial charge in [0.05, 0.1) is 8.80 Å². The van der Waals surface area contributed by atoms with Crippen LogP contribution < -0.4 is 0 Å². The van der Waals surface area contributed by atoms with Gasteiger partial charge in [0, 0.05) is 0 Å². The highest BCUT2D eigenvalue weighted by Crippen LogP contribution is 2.07. The molecule has 0 fully saturated rings. The molecular weight excluding hydrogens is 136 g/mol. The van der Waals surface area contributed by atoms with Crippen LogP contribution in [-0.4, -0.2) is 8.80 Å². The van der Waals surface area contributed by atoms with Crippen molar-refractivity contribution in [1.82, 2.24) is 0 Å². The van der Waals surface area contributed by atoms with E-state index in [9.17, 15) is 0 Å². The molecule has 60 valence electrons. The highest BCUT2D eigenvalue weighted by Gasteiger charge is 2.00. The molecule has 0 N–H and O–H groups in total. The average Bonchev–Trinajstić information content (AvgIpc) is 1.99. The molecule has 0 aromatic heterocycles. The van der Waals surface area contributed by atoms with Gasteiger partial charge in [0.2, 0.25) is 0 Å². The second-order valence-corrected chi connectivity index (χ2v) is 6.29. The van der Waals surface area contributed by atoms with Crippen molar-refractivity contribution in [2.24, 2.45) is 0 Å². The lowest BCUT2D eigenvalue weighted by Gasteiger charge is -2.05. The van der Waals surface area contributed by atoms with Crippen LogP contribution in [0.15, 0.2) is 12.3 Å². The van der Waals surface area contributed by atoms with E-state index < -0.39 is 8.80 Å². The Morgan fingerprint density at radius 3 is 2.40 bits per heavy atom. The Kier molecular flexibility index (Phi) is 7.04. The molecule has 1 atom stereocenters. The van der Waals surface area contributed by atoms with Gasteiger partial charge in [-0.3, -0.25) is 0 Å². The molecule has 0 aliphatic carbocycles. The fraction of sp³-hybridized carbons (Fsp3) is 0.778. The maximum atomic E-state index is 3.87. The largest absolute Gasteiger partial charge is 0.107 e. The number of rotatable bonds is 6. The van der Waals surface area contributed by atoms with Gasteiger partial charge in [0.15, 0.2) is 0 Å². The Hall–Kier alpha value is -0.0431. The molecule has 1 unspecified atom stereocenters. The first-order chi connectivity index (χ1) is 4.85. The van der Waals surface area contributed by atoms with Crippen LogP contribution in [0.2, 0.25) is 12.1 Å². The van der Waals surface area contributed by atoms with Gasteiger partial charge >= 0.3 is 0 Å². The third-order valence-electron chi connectivity index (χ3n) is 2.04. The van der Waals surface area contributed by atoms with Gasteiger partial charge < -0.3 is 0 Å². The van der Waals surface area contributed by atoms with Gasteiger partial charge in [-0.2, -0.15) is 0 Å². The van der Waals surface area contributed by atoms with Crippen LogP contribution in [0.5, 0.6) is 0 Å². The van der Waals surface area contributed by atoms with E-state index in [0.717, 1.165) is 0 Å². The predicted octanol–water partition coefficient (Wildman–Crippen LogP) is 3.15. The van der Waals surface area contributed by atoms with Crippen LogP contribution in [0.25, 0.3) is 0 Å². The molecule has 0 aromatic carbocycles. The Labute approximate surface area is 66.9 Å². The van der Waals surface area contributed by atoms with Crippen molar-refractivity contribution in [2.75, 3.05) is 0 Å². The molecule has 0 spiro atoms. The smallest absolute Gasteiger partial charge is 0.0604 e. The summed E-state index contributed by atoms with van der Waals surface area (Å²) in [6, 6.07) is 2.88. The fourth-order valence-electron chi connectivity index (χ4n) is 1.15. The molecule has 0 aliphatic heterocycles. The number of hydrogen-bond acceptors (Lipinski definition) is 0. The van der Waals surface area contributed by atoms with Crippen molar-refractivity contribution < 1.29 is 0 Å². The van der Waals surface area contributed by atoms with E-state index in [1.54, 1.807) is 0 Å². The van der Waals surface area contributed by atoms with Crippen LogP contribution in [0.4, 0.5) is 0 Å². The second kappa shape index (κ2) is 7.07. The minimum Gasteiger partial charge on any atom is -0.107 e. The molecule has 0 saturated heterocycles. The number of unbranched alkanes of at least 4 members (excludes halogenated alkanes) is 2. The van der Waals surface area contributed by atoms with Crippen molar-refractivity contribution in [3.8, 4) is 0 Å². The minimum absolute atomic E-state index is 0.460. The van der Waals surface area contributed by atoms with Crippen molar-refractivity contribution in [3.63, 3.8) is 0 Å². The van der Waals surface area contributed by atoms with Crippen molar-refractivity contribution >= 4 is 8.80 Å². The van der Waals surface area contributed by atoms with Gasteiger partial charge in [-0.05, 0) is 0 Å². The Morgan fingerprint density at radius 2 is 2.00 bits per heavy atom. The lowest BCUT2D eigenvalue weighted by Crippen LogP contribution is -2.05. The summed E-state index contributed by atoms with van der Waals surface area (Å²) in [5.74, 6) is 0. The van der Waals surface area contributed by atoms with Gasteiger partial charge in [-0.1, -0.05) is 45.2 Å². The highest BCUT2D eigenvalue weighted by atomic mass is 28.3. The lowest BCUT2D eigenvalue weighted by atomic mass is 10.3. The van der Waals surface area contributed by atoms with E-state index in [1.807, 2.05) is 0 Å². The van der Waals surface area contributed by atoms with Crippen molar-refractivity contribution in [1.29, 1.82) is 0 Å². The van der Waals surface area contributed by atoms with Crippen LogP contribution in [0.3, 0.4) is 0 Å². The Balaban J connectivity index is 3.17. The standard InChI is InChI=1S/C9H20Si/c1-4-7-8-9-10(5-2)6-3/h5,10H,2,4,6-9H2,1,3H3. The van der Waals surface area contributed by atoms with E-state index >= 15 is 0 Å². The van der Waals surface area contributed by atoms with Crippen LogP contribution >= 0.6 is 0 Å². The average molecular weight is 156 g/mol.